The normalized spacial score (nSPS) is 12.8. The summed E-state index contributed by atoms with van der Waals surface area (Å²) in [5, 5.41) is 9.69. The number of hydrogen-bond donors (Lipinski definition) is 1. The summed E-state index contributed by atoms with van der Waals surface area (Å²) in [6.45, 7) is 4.84. The molecule has 77 heavy (non-hydrogen) atoms. The van der Waals surface area contributed by atoms with Crippen LogP contribution in [0.2, 0.25) is 0 Å². The molecule has 0 radical (unpaired) electrons. The fourth-order valence-corrected chi connectivity index (χ4v) is 10.1. The molecule has 0 saturated carbocycles. The van der Waals surface area contributed by atoms with E-state index in [-0.39, 0.29) is 32.2 Å². The number of hydrogen-bond acceptors (Lipinski definition) is 7. The number of quaternary nitrogens is 1. The highest BCUT2D eigenvalue weighted by atomic mass is 16.7. The van der Waals surface area contributed by atoms with Crippen molar-refractivity contribution in [3.8, 4) is 0 Å². The van der Waals surface area contributed by atoms with Gasteiger partial charge in [0.2, 0.25) is 0 Å². The van der Waals surface area contributed by atoms with Gasteiger partial charge in [0.15, 0.2) is 6.10 Å². The maximum Gasteiger partial charge on any atom is 0.361 e. The minimum absolute atomic E-state index is 0.183. The van der Waals surface area contributed by atoms with E-state index in [9.17, 15) is 19.5 Å². The summed E-state index contributed by atoms with van der Waals surface area (Å²) in [5.41, 5.74) is 0. The van der Waals surface area contributed by atoms with Crippen molar-refractivity contribution in [2.75, 3.05) is 47.5 Å². The lowest BCUT2D eigenvalue weighted by Gasteiger charge is -2.25. The number of rotatable bonds is 63. The van der Waals surface area contributed by atoms with E-state index in [1.54, 1.807) is 0 Å². The van der Waals surface area contributed by atoms with Crippen molar-refractivity contribution in [2.45, 2.75) is 347 Å². The van der Waals surface area contributed by atoms with Gasteiger partial charge in [0.1, 0.15) is 13.2 Å². The molecular formula is C68H130NO8+. The maximum atomic E-state index is 12.8. The topological polar surface area (TPSA) is 108 Å². The van der Waals surface area contributed by atoms with Crippen molar-refractivity contribution in [3.05, 3.63) is 24.3 Å². The molecule has 0 aliphatic heterocycles. The van der Waals surface area contributed by atoms with Gasteiger partial charge in [0.25, 0.3) is 6.29 Å². The number of carbonyl (C=O) groups excluding carboxylic acids is 2. The Morgan fingerprint density at radius 3 is 1.08 bits per heavy atom. The Kier molecular flexibility index (Phi) is 58.1. The third kappa shape index (κ3) is 61.2. The number of allylic oxidation sites excluding steroid dienone is 4. The summed E-state index contributed by atoms with van der Waals surface area (Å²) in [4.78, 5) is 37.4. The molecule has 0 amide bonds. The van der Waals surface area contributed by atoms with Gasteiger partial charge in [-0.1, -0.05) is 308 Å². The molecule has 0 saturated heterocycles. The summed E-state index contributed by atoms with van der Waals surface area (Å²) < 4.78 is 22.9. The number of ether oxygens (including phenoxy) is 4. The van der Waals surface area contributed by atoms with Gasteiger partial charge in [0.05, 0.1) is 34.4 Å². The molecule has 2 atom stereocenters. The molecule has 0 fully saturated rings. The van der Waals surface area contributed by atoms with E-state index in [1.165, 1.54) is 238 Å². The summed E-state index contributed by atoms with van der Waals surface area (Å²) >= 11 is 0. The molecule has 9 heteroatoms. The number of carboxylic acid groups (broad SMARTS) is 1. The Bertz CT molecular complexity index is 1310. The van der Waals surface area contributed by atoms with Crippen LogP contribution in [0.3, 0.4) is 0 Å². The van der Waals surface area contributed by atoms with Crippen LogP contribution in [0, 0.1) is 0 Å². The highest BCUT2D eigenvalue weighted by molar-refractivity contribution is 5.71. The van der Waals surface area contributed by atoms with Crippen LogP contribution in [-0.2, 0) is 33.3 Å². The van der Waals surface area contributed by atoms with Gasteiger partial charge in [-0.15, -0.1) is 0 Å². The Labute approximate surface area is 478 Å². The Balaban J connectivity index is 3.86. The first-order valence-electron chi connectivity index (χ1n) is 33.5. The first-order valence-corrected chi connectivity index (χ1v) is 33.5. The van der Waals surface area contributed by atoms with Crippen molar-refractivity contribution in [1.29, 1.82) is 0 Å². The molecule has 0 aliphatic carbocycles. The van der Waals surface area contributed by atoms with Crippen molar-refractivity contribution in [1.82, 2.24) is 0 Å². The molecule has 1 N–H and O–H groups in total. The van der Waals surface area contributed by atoms with Gasteiger partial charge in [0, 0.05) is 12.8 Å². The van der Waals surface area contributed by atoms with Crippen LogP contribution < -0.4 is 0 Å². The van der Waals surface area contributed by atoms with E-state index in [4.69, 9.17) is 18.9 Å². The van der Waals surface area contributed by atoms with E-state index in [2.05, 4.69) is 38.2 Å². The van der Waals surface area contributed by atoms with Crippen LogP contribution in [0.5, 0.6) is 0 Å². The van der Waals surface area contributed by atoms with Gasteiger partial charge in [-0.3, -0.25) is 9.59 Å². The molecule has 0 aliphatic rings. The van der Waals surface area contributed by atoms with Gasteiger partial charge < -0.3 is 28.5 Å². The second kappa shape index (κ2) is 59.9. The van der Waals surface area contributed by atoms with Crippen molar-refractivity contribution in [2.24, 2.45) is 0 Å². The minimum Gasteiger partial charge on any atom is -0.477 e. The number of carbonyl (C=O) groups is 3. The van der Waals surface area contributed by atoms with Crippen LogP contribution in [0.15, 0.2) is 24.3 Å². The summed E-state index contributed by atoms with van der Waals surface area (Å²) in [5.74, 6) is -2.01. The number of unbranched alkanes of at least 4 members (excludes halogenated alkanes) is 44. The second-order valence-corrected chi connectivity index (χ2v) is 24.1. The average Bonchev–Trinajstić information content (AvgIpc) is 3.40. The average molecular weight is 1090 g/mol. The predicted octanol–water partition coefficient (Wildman–Crippen LogP) is 20.2. The number of aliphatic carboxylic acids is 1. The third-order valence-corrected chi connectivity index (χ3v) is 15.2. The molecule has 454 valence electrons. The zero-order valence-electron chi connectivity index (χ0n) is 51.9. The van der Waals surface area contributed by atoms with E-state index < -0.39 is 24.3 Å². The first-order chi connectivity index (χ1) is 37.6. The zero-order valence-corrected chi connectivity index (χ0v) is 51.9. The lowest BCUT2D eigenvalue weighted by Crippen LogP contribution is -2.40. The molecule has 0 bridgehead atoms. The van der Waals surface area contributed by atoms with Gasteiger partial charge in [-0.25, -0.2) is 4.79 Å². The Morgan fingerprint density at radius 1 is 0.390 bits per heavy atom. The maximum absolute atomic E-state index is 12.8. The van der Waals surface area contributed by atoms with Crippen LogP contribution in [0.4, 0.5) is 0 Å². The van der Waals surface area contributed by atoms with Crippen LogP contribution in [0.1, 0.15) is 335 Å². The van der Waals surface area contributed by atoms with Crippen LogP contribution in [-0.4, -0.2) is 87.4 Å². The van der Waals surface area contributed by atoms with Crippen molar-refractivity contribution >= 4 is 17.9 Å². The smallest absolute Gasteiger partial charge is 0.361 e. The molecule has 0 heterocycles. The van der Waals surface area contributed by atoms with Crippen molar-refractivity contribution < 1.29 is 42.9 Å². The van der Waals surface area contributed by atoms with Gasteiger partial charge in [-0.05, 0) is 38.5 Å². The molecule has 0 aromatic heterocycles. The molecular weight excluding hydrogens is 959 g/mol. The fraction of sp³-hybridized carbons (Fsp3) is 0.897. The SMILES string of the molecule is CCC/C=C\C/C=C\CCCCCCCC(=O)OC(COC(=O)CCCCCCCCCCCCCCCCCCCCCCCCCCCCCCCCCCCCCCCCC)COC(OCC[N+](C)(C)C)C(=O)O. The molecule has 0 spiro atoms. The standard InChI is InChI=1S/C68H129NO8/c1-6-8-10-12-14-16-18-20-21-22-23-24-25-26-27-28-29-30-31-32-33-34-35-36-37-38-39-40-41-42-43-44-45-47-48-50-52-54-56-58-65(70)75-62-64(63-76-68(67(72)73)74-61-60-69(3,4)5)77-66(71)59-57-55-53-51-49-46-19-17-15-13-11-9-7-2/h11,13,17,19,64,68H,6-10,12,14-16,18,20-63H2,1-5H3/p+1/b13-11-,19-17-. The second-order valence-electron chi connectivity index (χ2n) is 24.1. The first kappa shape index (κ1) is 74.8. The lowest BCUT2D eigenvalue weighted by molar-refractivity contribution is -0.870. The van der Waals surface area contributed by atoms with E-state index >= 15 is 0 Å². The number of likely N-dealkylation sites (N-methyl/N-ethyl adjacent to an activating group) is 1. The summed E-state index contributed by atoms with van der Waals surface area (Å²) in [7, 11) is 5.97. The highest BCUT2D eigenvalue weighted by Crippen LogP contribution is 2.19. The van der Waals surface area contributed by atoms with E-state index in [0.717, 1.165) is 64.2 Å². The van der Waals surface area contributed by atoms with E-state index in [0.29, 0.717) is 23.9 Å². The molecule has 0 rings (SSSR count). The quantitative estimate of drug-likeness (QED) is 0.0211. The fourth-order valence-electron chi connectivity index (χ4n) is 10.1. The number of nitrogens with zero attached hydrogens (tertiary/aromatic N) is 1. The predicted molar refractivity (Wildman–Crippen MR) is 328 cm³/mol. The highest BCUT2D eigenvalue weighted by Gasteiger charge is 2.25. The van der Waals surface area contributed by atoms with Crippen LogP contribution >= 0.6 is 0 Å². The van der Waals surface area contributed by atoms with Gasteiger partial charge in [-0.2, -0.15) is 0 Å². The van der Waals surface area contributed by atoms with E-state index in [1.807, 2.05) is 21.1 Å². The third-order valence-electron chi connectivity index (χ3n) is 15.2. The monoisotopic (exact) mass is 1090 g/mol. The van der Waals surface area contributed by atoms with Gasteiger partial charge >= 0.3 is 17.9 Å². The molecule has 9 nitrogen and oxygen atoms in total. The summed E-state index contributed by atoms with van der Waals surface area (Å²) in [6.07, 6.45) is 70.4. The largest absolute Gasteiger partial charge is 0.477 e. The van der Waals surface area contributed by atoms with Crippen molar-refractivity contribution in [3.63, 3.8) is 0 Å². The molecule has 2 unspecified atom stereocenters. The Morgan fingerprint density at radius 2 is 0.727 bits per heavy atom. The number of esters is 2. The number of carboxylic acids is 1. The lowest BCUT2D eigenvalue weighted by atomic mass is 10.0. The minimum atomic E-state index is -1.51. The molecule has 0 aromatic carbocycles. The van der Waals surface area contributed by atoms with Crippen LogP contribution in [0.25, 0.3) is 0 Å². The Hall–Kier alpha value is -2.23. The molecule has 0 aromatic rings. The summed E-state index contributed by atoms with van der Waals surface area (Å²) in [6, 6.07) is 0. The zero-order chi connectivity index (χ0) is 56.2.